The van der Waals surface area contributed by atoms with Crippen LogP contribution in [0.1, 0.15) is 58.3 Å². The van der Waals surface area contributed by atoms with Crippen LogP contribution in [0.4, 0.5) is 0 Å². The van der Waals surface area contributed by atoms with Crippen molar-refractivity contribution in [2.45, 2.75) is 64.3 Å². The van der Waals surface area contributed by atoms with Crippen molar-refractivity contribution >= 4 is 0 Å². The van der Waals surface area contributed by atoms with Gasteiger partial charge in [0.1, 0.15) is 0 Å². The van der Waals surface area contributed by atoms with Crippen molar-refractivity contribution < 1.29 is 0 Å². The molecular formula is C13H25N. The quantitative estimate of drug-likeness (QED) is 0.725. The van der Waals surface area contributed by atoms with Gasteiger partial charge in [-0.3, -0.25) is 0 Å². The second-order valence-corrected chi connectivity index (χ2v) is 5.26. The van der Waals surface area contributed by atoms with Gasteiger partial charge in [0.05, 0.1) is 0 Å². The third kappa shape index (κ3) is 2.50. The highest BCUT2D eigenvalue weighted by Gasteiger charge is 2.25. The predicted molar refractivity (Wildman–Crippen MR) is 61.4 cm³/mol. The van der Waals surface area contributed by atoms with E-state index < -0.39 is 0 Å². The standard InChI is InChI=1S/C13H25N/c1-2-12-8-3-4-9-13(12)14-10-11-6-5-7-11/h11-14H,2-10H2,1H3. The molecule has 0 bridgehead atoms. The Morgan fingerprint density at radius 3 is 2.43 bits per heavy atom. The summed E-state index contributed by atoms with van der Waals surface area (Å²) < 4.78 is 0. The van der Waals surface area contributed by atoms with E-state index in [4.69, 9.17) is 0 Å². The molecule has 14 heavy (non-hydrogen) atoms. The molecule has 2 saturated carbocycles. The highest BCUT2D eigenvalue weighted by molar-refractivity contribution is 4.82. The smallest absolute Gasteiger partial charge is 0.00953 e. The van der Waals surface area contributed by atoms with Gasteiger partial charge in [0, 0.05) is 6.04 Å². The van der Waals surface area contributed by atoms with Gasteiger partial charge in [-0.2, -0.15) is 0 Å². The number of hydrogen-bond donors (Lipinski definition) is 1. The van der Waals surface area contributed by atoms with Gasteiger partial charge < -0.3 is 5.32 Å². The van der Waals surface area contributed by atoms with Crippen LogP contribution in [0, 0.1) is 11.8 Å². The first-order chi connectivity index (χ1) is 6.90. The van der Waals surface area contributed by atoms with E-state index in [2.05, 4.69) is 12.2 Å². The second-order valence-electron chi connectivity index (χ2n) is 5.26. The Morgan fingerprint density at radius 2 is 1.79 bits per heavy atom. The first kappa shape index (κ1) is 10.5. The molecule has 2 aliphatic rings. The zero-order valence-electron chi connectivity index (χ0n) is 9.60. The average molecular weight is 195 g/mol. The van der Waals surface area contributed by atoms with Gasteiger partial charge in [0.25, 0.3) is 0 Å². The maximum Gasteiger partial charge on any atom is 0.00953 e. The third-order valence-electron chi connectivity index (χ3n) is 4.33. The highest BCUT2D eigenvalue weighted by Crippen LogP contribution is 2.29. The molecule has 1 nitrogen and oxygen atoms in total. The molecule has 2 rings (SSSR count). The predicted octanol–water partition coefficient (Wildman–Crippen LogP) is 3.34. The summed E-state index contributed by atoms with van der Waals surface area (Å²) in [5, 5.41) is 3.82. The fourth-order valence-electron chi connectivity index (χ4n) is 2.98. The Balaban J connectivity index is 1.70. The Bertz CT molecular complexity index is 163. The SMILES string of the molecule is CCC1CCCCC1NCC1CCC1. The van der Waals surface area contributed by atoms with Gasteiger partial charge in [-0.05, 0) is 44.1 Å². The normalized spacial score (nSPS) is 34.1. The first-order valence-electron chi connectivity index (χ1n) is 6.63. The van der Waals surface area contributed by atoms with Crippen molar-refractivity contribution in [3.63, 3.8) is 0 Å². The topological polar surface area (TPSA) is 12.0 Å². The highest BCUT2D eigenvalue weighted by atomic mass is 14.9. The molecule has 0 aromatic rings. The van der Waals surface area contributed by atoms with E-state index in [9.17, 15) is 0 Å². The summed E-state index contributed by atoms with van der Waals surface area (Å²) >= 11 is 0. The third-order valence-corrected chi connectivity index (χ3v) is 4.33. The minimum Gasteiger partial charge on any atom is -0.313 e. The monoisotopic (exact) mass is 195 g/mol. The van der Waals surface area contributed by atoms with Gasteiger partial charge in [-0.25, -0.2) is 0 Å². The lowest BCUT2D eigenvalue weighted by Crippen LogP contribution is -2.41. The van der Waals surface area contributed by atoms with Gasteiger partial charge in [-0.15, -0.1) is 0 Å². The van der Waals surface area contributed by atoms with Crippen LogP contribution in [-0.4, -0.2) is 12.6 Å². The Kier molecular flexibility index (Phi) is 3.86. The number of rotatable bonds is 4. The fourth-order valence-corrected chi connectivity index (χ4v) is 2.98. The molecule has 2 atom stereocenters. The lowest BCUT2D eigenvalue weighted by atomic mass is 9.81. The Hall–Kier alpha value is -0.0400. The van der Waals surface area contributed by atoms with Crippen molar-refractivity contribution in [3.05, 3.63) is 0 Å². The number of nitrogens with one attached hydrogen (secondary N) is 1. The van der Waals surface area contributed by atoms with Crippen LogP contribution >= 0.6 is 0 Å². The first-order valence-corrected chi connectivity index (χ1v) is 6.63. The van der Waals surface area contributed by atoms with Crippen LogP contribution in [0.2, 0.25) is 0 Å². The molecule has 0 aliphatic heterocycles. The molecule has 0 aromatic carbocycles. The maximum atomic E-state index is 3.82. The molecule has 1 N–H and O–H groups in total. The van der Waals surface area contributed by atoms with Crippen molar-refractivity contribution in [2.24, 2.45) is 11.8 Å². The van der Waals surface area contributed by atoms with Gasteiger partial charge in [-0.1, -0.05) is 32.6 Å². The van der Waals surface area contributed by atoms with E-state index in [1.54, 1.807) is 0 Å². The van der Waals surface area contributed by atoms with Crippen LogP contribution in [-0.2, 0) is 0 Å². The van der Waals surface area contributed by atoms with Crippen LogP contribution in [0.5, 0.6) is 0 Å². The van der Waals surface area contributed by atoms with E-state index >= 15 is 0 Å². The van der Waals surface area contributed by atoms with E-state index in [-0.39, 0.29) is 0 Å². The van der Waals surface area contributed by atoms with Crippen molar-refractivity contribution in [1.29, 1.82) is 0 Å². The maximum absolute atomic E-state index is 3.82. The van der Waals surface area contributed by atoms with Crippen molar-refractivity contribution in [2.75, 3.05) is 6.54 Å². The minimum atomic E-state index is 0.856. The molecule has 1 heteroatoms. The summed E-state index contributed by atoms with van der Waals surface area (Å²) in [4.78, 5) is 0. The zero-order valence-corrected chi connectivity index (χ0v) is 9.60. The summed E-state index contributed by atoms with van der Waals surface area (Å²) in [6.45, 7) is 3.66. The molecule has 0 aromatic heterocycles. The van der Waals surface area contributed by atoms with E-state index in [0.29, 0.717) is 0 Å². The molecule has 0 spiro atoms. The van der Waals surface area contributed by atoms with E-state index in [1.165, 1.54) is 57.9 Å². The summed E-state index contributed by atoms with van der Waals surface area (Å²) in [6.07, 6.45) is 11.7. The van der Waals surface area contributed by atoms with Crippen LogP contribution in [0.15, 0.2) is 0 Å². The molecule has 0 heterocycles. The Labute approximate surface area is 88.7 Å². The summed E-state index contributed by atoms with van der Waals surface area (Å²) in [5.74, 6) is 2.00. The van der Waals surface area contributed by atoms with Crippen LogP contribution < -0.4 is 5.32 Å². The van der Waals surface area contributed by atoms with Gasteiger partial charge >= 0.3 is 0 Å². The molecule has 2 aliphatic carbocycles. The minimum absolute atomic E-state index is 0.856. The average Bonchev–Trinajstić information content (AvgIpc) is 2.16. The van der Waals surface area contributed by atoms with Gasteiger partial charge in [0.2, 0.25) is 0 Å². The summed E-state index contributed by atoms with van der Waals surface area (Å²) in [5.41, 5.74) is 0. The number of hydrogen-bond acceptors (Lipinski definition) is 1. The summed E-state index contributed by atoms with van der Waals surface area (Å²) in [6, 6.07) is 0.856. The van der Waals surface area contributed by atoms with E-state index in [0.717, 1.165) is 17.9 Å². The Morgan fingerprint density at radius 1 is 1.00 bits per heavy atom. The molecule has 0 amide bonds. The fraction of sp³-hybridized carbons (Fsp3) is 1.00. The largest absolute Gasteiger partial charge is 0.313 e. The summed E-state index contributed by atoms with van der Waals surface area (Å²) in [7, 11) is 0. The molecular weight excluding hydrogens is 170 g/mol. The van der Waals surface area contributed by atoms with E-state index in [1.807, 2.05) is 0 Å². The lowest BCUT2D eigenvalue weighted by Gasteiger charge is -2.34. The molecule has 82 valence electrons. The molecule has 2 fully saturated rings. The van der Waals surface area contributed by atoms with Crippen LogP contribution in [0.3, 0.4) is 0 Å². The second kappa shape index (κ2) is 5.16. The molecule has 2 unspecified atom stereocenters. The lowest BCUT2D eigenvalue weighted by molar-refractivity contribution is 0.220. The van der Waals surface area contributed by atoms with Crippen molar-refractivity contribution in [3.8, 4) is 0 Å². The zero-order chi connectivity index (χ0) is 9.80. The van der Waals surface area contributed by atoms with Gasteiger partial charge in [0.15, 0.2) is 0 Å². The van der Waals surface area contributed by atoms with Crippen LogP contribution in [0.25, 0.3) is 0 Å². The molecule has 0 saturated heterocycles. The van der Waals surface area contributed by atoms with Crippen molar-refractivity contribution in [1.82, 2.24) is 5.32 Å². The molecule has 0 radical (unpaired) electrons.